The predicted octanol–water partition coefficient (Wildman–Crippen LogP) is 5.49. The molecule has 0 fully saturated rings. The second kappa shape index (κ2) is 7.53. The van der Waals surface area contributed by atoms with E-state index in [1.165, 1.54) is 41.9 Å². The van der Waals surface area contributed by atoms with Gasteiger partial charge >= 0.3 is 6.03 Å². The summed E-state index contributed by atoms with van der Waals surface area (Å²) in [4.78, 5) is 21.2. The molecular weight excluding hydrogens is 445 g/mol. The zero-order valence-electron chi connectivity index (χ0n) is 14.2. The fraction of sp³-hybridized carbons (Fsp3) is 0. The molecule has 0 unspecified atom stereocenters. The van der Waals surface area contributed by atoms with Crippen molar-refractivity contribution in [3.8, 4) is 11.1 Å². The van der Waals surface area contributed by atoms with E-state index >= 15 is 0 Å². The molecule has 0 aliphatic carbocycles. The number of nitrogens with two attached hydrogens (primary N) is 1. The molecule has 28 heavy (non-hydrogen) atoms. The standard InChI is InChI=1S/C19H13BrFN5OS/c20-16-14(15-17(22)23-9-24-18(15)28-16)10-1-5-12(6-2-10)25-19(27)26-13-7-3-11(21)4-8-13/h1-9H,(H2,22,23,24)(H2,25,26,27). The number of thiophene rings is 1. The maximum absolute atomic E-state index is 12.9. The van der Waals surface area contributed by atoms with Gasteiger partial charge in [-0.1, -0.05) is 12.1 Å². The maximum Gasteiger partial charge on any atom is 0.323 e. The molecule has 2 heterocycles. The lowest BCUT2D eigenvalue weighted by Gasteiger charge is -2.09. The van der Waals surface area contributed by atoms with E-state index in [1.807, 2.05) is 12.1 Å². The van der Waals surface area contributed by atoms with Crippen molar-refractivity contribution < 1.29 is 9.18 Å². The van der Waals surface area contributed by atoms with Crippen LogP contribution in [0.15, 0.2) is 58.6 Å². The molecule has 140 valence electrons. The summed E-state index contributed by atoms with van der Waals surface area (Å²) in [7, 11) is 0. The van der Waals surface area contributed by atoms with Gasteiger partial charge in [-0.3, -0.25) is 0 Å². The SMILES string of the molecule is Nc1ncnc2sc(Br)c(-c3ccc(NC(=O)Nc4ccc(F)cc4)cc3)c12. The van der Waals surface area contributed by atoms with Gasteiger partial charge in [0.15, 0.2) is 0 Å². The average molecular weight is 458 g/mol. The Morgan fingerprint density at radius 2 is 1.61 bits per heavy atom. The van der Waals surface area contributed by atoms with Gasteiger partial charge in [-0.25, -0.2) is 19.2 Å². The number of halogens is 2. The van der Waals surface area contributed by atoms with Crippen molar-refractivity contribution in [1.29, 1.82) is 0 Å². The zero-order valence-corrected chi connectivity index (χ0v) is 16.6. The number of rotatable bonds is 3. The van der Waals surface area contributed by atoms with E-state index in [0.717, 1.165) is 25.1 Å². The van der Waals surface area contributed by atoms with E-state index in [-0.39, 0.29) is 5.82 Å². The van der Waals surface area contributed by atoms with Crippen LogP contribution in [-0.4, -0.2) is 16.0 Å². The summed E-state index contributed by atoms with van der Waals surface area (Å²) in [6.07, 6.45) is 1.44. The molecule has 0 aliphatic heterocycles. The molecule has 4 N–H and O–H groups in total. The smallest absolute Gasteiger partial charge is 0.323 e. The van der Waals surface area contributed by atoms with Crippen molar-refractivity contribution in [2.24, 2.45) is 0 Å². The third-order valence-electron chi connectivity index (χ3n) is 4.01. The van der Waals surface area contributed by atoms with Gasteiger partial charge in [0.2, 0.25) is 0 Å². The normalized spacial score (nSPS) is 10.8. The van der Waals surface area contributed by atoms with Crippen LogP contribution in [0, 0.1) is 5.82 Å². The number of urea groups is 1. The van der Waals surface area contributed by atoms with E-state index < -0.39 is 6.03 Å². The Hall–Kier alpha value is -3.04. The van der Waals surface area contributed by atoms with Gasteiger partial charge in [0.05, 0.1) is 9.17 Å². The van der Waals surface area contributed by atoms with Gasteiger partial charge in [0.1, 0.15) is 22.8 Å². The molecule has 0 aliphatic rings. The number of nitrogens with zero attached hydrogens (tertiary/aromatic N) is 2. The van der Waals surface area contributed by atoms with Crippen molar-refractivity contribution in [2.75, 3.05) is 16.4 Å². The summed E-state index contributed by atoms with van der Waals surface area (Å²) >= 11 is 5.05. The lowest BCUT2D eigenvalue weighted by atomic mass is 10.1. The van der Waals surface area contributed by atoms with Crippen LogP contribution in [0.4, 0.5) is 26.4 Å². The Morgan fingerprint density at radius 3 is 2.25 bits per heavy atom. The fourth-order valence-corrected chi connectivity index (χ4v) is 4.52. The van der Waals surface area contributed by atoms with Crippen molar-refractivity contribution in [3.05, 3.63) is 64.5 Å². The first-order valence-corrected chi connectivity index (χ1v) is 9.74. The Bertz CT molecular complexity index is 1160. The van der Waals surface area contributed by atoms with E-state index in [4.69, 9.17) is 5.73 Å². The molecule has 4 rings (SSSR count). The maximum atomic E-state index is 12.9. The highest BCUT2D eigenvalue weighted by Gasteiger charge is 2.16. The second-order valence-electron chi connectivity index (χ2n) is 5.85. The minimum absolute atomic E-state index is 0.361. The number of benzene rings is 2. The molecule has 0 saturated carbocycles. The summed E-state index contributed by atoms with van der Waals surface area (Å²) in [5.41, 5.74) is 8.98. The molecule has 0 bridgehead atoms. The zero-order chi connectivity index (χ0) is 19.7. The number of hydrogen-bond donors (Lipinski definition) is 3. The van der Waals surface area contributed by atoms with Gasteiger partial charge in [-0.2, -0.15) is 0 Å². The number of nitrogen functional groups attached to an aromatic ring is 1. The van der Waals surface area contributed by atoms with Crippen LogP contribution in [-0.2, 0) is 0 Å². The van der Waals surface area contributed by atoms with E-state index in [0.29, 0.717) is 17.2 Å². The first kappa shape index (κ1) is 18.3. The van der Waals surface area contributed by atoms with E-state index in [2.05, 4.69) is 36.5 Å². The predicted molar refractivity (Wildman–Crippen MR) is 114 cm³/mol. The van der Waals surface area contributed by atoms with Gasteiger partial charge < -0.3 is 16.4 Å². The molecule has 0 saturated heterocycles. The highest BCUT2D eigenvalue weighted by atomic mass is 79.9. The lowest BCUT2D eigenvalue weighted by molar-refractivity contribution is 0.262. The largest absolute Gasteiger partial charge is 0.383 e. The van der Waals surface area contributed by atoms with Crippen LogP contribution in [0.1, 0.15) is 0 Å². The molecule has 6 nitrogen and oxygen atoms in total. The number of hydrogen-bond acceptors (Lipinski definition) is 5. The Labute approximate surface area is 171 Å². The number of aromatic nitrogens is 2. The molecule has 0 atom stereocenters. The van der Waals surface area contributed by atoms with Crippen LogP contribution in [0.25, 0.3) is 21.3 Å². The van der Waals surface area contributed by atoms with Crippen molar-refractivity contribution in [1.82, 2.24) is 9.97 Å². The van der Waals surface area contributed by atoms with Gasteiger partial charge in [0.25, 0.3) is 0 Å². The number of nitrogens with one attached hydrogen (secondary N) is 2. The summed E-state index contributed by atoms with van der Waals surface area (Å²) < 4.78 is 13.8. The summed E-state index contributed by atoms with van der Waals surface area (Å²) in [5, 5.41) is 6.18. The molecule has 2 aromatic heterocycles. The Balaban J connectivity index is 1.54. The third kappa shape index (κ3) is 3.67. The molecule has 0 spiro atoms. The third-order valence-corrected chi connectivity index (χ3v) is 5.78. The average Bonchev–Trinajstić information content (AvgIpc) is 3.01. The quantitative estimate of drug-likeness (QED) is 0.379. The van der Waals surface area contributed by atoms with Crippen molar-refractivity contribution in [2.45, 2.75) is 0 Å². The monoisotopic (exact) mass is 457 g/mol. The minimum Gasteiger partial charge on any atom is -0.383 e. The van der Waals surface area contributed by atoms with E-state index in [9.17, 15) is 9.18 Å². The number of amides is 2. The minimum atomic E-state index is -0.417. The van der Waals surface area contributed by atoms with Crippen LogP contribution in [0.5, 0.6) is 0 Å². The highest BCUT2D eigenvalue weighted by Crippen LogP contribution is 2.43. The molecule has 2 aromatic carbocycles. The summed E-state index contributed by atoms with van der Waals surface area (Å²) in [6.45, 7) is 0. The number of carbonyl (C=O) groups is 1. The molecule has 4 aromatic rings. The molecule has 2 amide bonds. The number of fused-ring (bicyclic) bond motifs is 1. The van der Waals surface area contributed by atoms with Gasteiger partial charge in [-0.05, 0) is 57.9 Å². The Morgan fingerprint density at radius 1 is 1.00 bits per heavy atom. The van der Waals surface area contributed by atoms with Crippen molar-refractivity contribution >= 4 is 60.7 Å². The first-order chi connectivity index (χ1) is 13.5. The van der Waals surface area contributed by atoms with Gasteiger partial charge in [-0.15, -0.1) is 11.3 Å². The topological polar surface area (TPSA) is 92.9 Å². The van der Waals surface area contributed by atoms with E-state index in [1.54, 1.807) is 12.1 Å². The van der Waals surface area contributed by atoms with Crippen molar-refractivity contribution in [3.63, 3.8) is 0 Å². The second-order valence-corrected chi connectivity index (χ2v) is 8.17. The van der Waals surface area contributed by atoms with Crippen LogP contribution in [0.3, 0.4) is 0 Å². The summed E-state index contributed by atoms with van der Waals surface area (Å²) in [5.74, 6) is 0.0579. The van der Waals surface area contributed by atoms with Crippen LogP contribution in [0.2, 0.25) is 0 Å². The Kier molecular flexibility index (Phi) is 4.93. The highest BCUT2D eigenvalue weighted by molar-refractivity contribution is 9.11. The fourth-order valence-electron chi connectivity index (χ4n) is 2.73. The first-order valence-electron chi connectivity index (χ1n) is 8.14. The molecule has 9 heteroatoms. The summed E-state index contributed by atoms with van der Waals surface area (Å²) in [6, 6.07) is 12.5. The lowest BCUT2D eigenvalue weighted by Crippen LogP contribution is -2.19. The molecular formula is C19H13BrFN5OS. The van der Waals surface area contributed by atoms with Gasteiger partial charge in [0, 0.05) is 16.9 Å². The number of anilines is 3. The molecule has 0 radical (unpaired) electrons. The van der Waals surface area contributed by atoms with Crippen LogP contribution < -0.4 is 16.4 Å². The number of carbonyl (C=O) groups excluding carboxylic acids is 1. The van der Waals surface area contributed by atoms with Crippen LogP contribution >= 0.6 is 27.3 Å².